The largest absolute Gasteiger partial charge is 0.366 e. The Kier molecular flexibility index (Phi) is 5.13. The zero-order chi connectivity index (χ0) is 14.6. The number of amides is 1. The van der Waals surface area contributed by atoms with Crippen LogP contribution in [0.4, 0.5) is 10.1 Å². The number of nitrogens with one attached hydrogen (secondary N) is 1. The van der Waals surface area contributed by atoms with Crippen LogP contribution in [-0.2, 0) is 10.0 Å². The first-order chi connectivity index (χ1) is 8.76. The first kappa shape index (κ1) is 15.7. The first-order valence-electron chi connectivity index (χ1n) is 5.43. The van der Waals surface area contributed by atoms with Gasteiger partial charge in [-0.1, -0.05) is 0 Å². The van der Waals surface area contributed by atoms with E-state index in [1.807, 2.05) is 0 Å². The first-order valence-corrected chi connectivity index (χ1v) is 7.62. The second-order valence-electron chi connectivity index (χ2n) is 3.96. The van der Waals surface area contributed by atoms with Gasteiger partial charge in [-0.15, -0.1) is 11.6 Å². The Hall–Kier alpha value is -1.34. The summed E-state index contributed by atoms with van der Waals surface area (Å²) in [6.07, 6.45) is 0.272. The second kappa shape index (κ2) is 6.21. The third-order valence-corrected chi connectivity index (χ3v) is 4.07. The Morgan fingerprint density at radius 3 is 2.63 bits per heavy atom. The molecule has 1 aromatic rings. The van der Waals surface area contributed by atoms with E-state index < -0.39 is 21.7 Å². The minimum Gasteiger partial charge on any atom is -0.366 e. The van der Waals surface area contributed by atoms with E-state index in [1.54, 1.807) is 0 Å². The van der Waals surface area contributed by atoms with Crippen molar-refractivity contribution in [3.8, 4) is 0 Å². The fraction of sp³-hybridized carbons (Fsp3) is 0.364. The lowest BCUT2D eigenvalue weighted by molar-refractivity contribution is 0.1000. The van der Waals surface area contributed by atoms with Crippen LogP contribution in [0.25, 0.3) is 0 Å². The van der Waals surface area contributed by atoms with Gasteiger partial charge in [-0.2, -0.15) is 0 Å². The summed E-state index contributed by atoms with van der Waals surface area (Å²) in [6, 6.07) is 2.17. The average Bonchev–Trinajstić information content (AvgIpc) is 2.31. The number of alkyl halides is 1. The molecule has 0 aliphatic heterocycles. The molecule has 0 aliphatic rings. The molecule has 5 nitrogen and oxygen atoms in total. The van der Waals surface area contributed by atoms with Crippen LogP contribution in [-0.4, -0.2) is 26.0 Å². The van der Waals surface area contributed by atoms with Crippen molar-refractivity contribution in [2.45, 2.75) is 13.3 Å². The topological polar surface area (TPSA) is 89.3 Å². The minimum absolute atomic E-state index is 0.00312. The molecule has 0 fully saturated rings. The second-order valence-corrected chi connectivity index (χ2v) is 6.18. The summed E-state index contributed by atoms with van der Waals surface area (Å²) in [6.45, 7) is 1.40. The number of nitrogens with two attached hydrogens (primary N) is 1. The van der Waals surface area contributed by atoms with Crippen LogP contribution in [0.15, 0.2) is 12.1 Å². The van der Waals surface area contributed by atoms with Gasteiger partial charge in [-0.05, 0) is 25.5 Å². The summed E-state index contributed by atoms with van der Waals surface area (Å²) in [4.78, 5) is 11.0. The Morgan fingerprint density at radius 2 is 2.11 bits per heavy atom. The highest BCUT2D eigenvalue weighted by Crippen LogP contribution is 2.22. The fourth-order valence-electron chi connectivity index (χ4n) is 1.39. The maximum absolute atomic E-state index is 13.6. The average molecular weight is 309 g/mol. The molecule has 0 unspecified atom stereocenters. The van der Waals surface area contributed by atoms with Crippen molar-refractivity contribution < 1.29 is 17.6 Å². The molecule has 0 bridgehead atoms. The quantitative estimate of drug-likeness (QED) is 0.782. The number of rotatable bonds is 6. The molecular weight excluding hydrogens is 295 g/mol. The smallest absolute Gasteiger partial charge is 0.248 e. The number of sulfonamides is 1. The number of primary amides is 1. The predicted molar refractivity (Wildman–Crippen MR) is 72.4 cm³/mol. The van der Waals surface area contributed by atoms with Gasteiger partial charge in [0, 0.05) is 17.0 Å². The van der Waals surface area contributed by atoms with E-state index in [0.717, 1.165) is 6.07 Å². The SMILES string of the molecule is Cc1c(F)cc(C(N)=O)cc1NS(=O)(=O)CCCCl. The maximum atomic E-state index is 13.6. The van der Waals surface area contributed by atoms with Gasteiger partial charge >= 0.3 is 0 Å². The lowest BCUT2D eigenvalue weighted by Gasteiger charge is -2.12. The van der Waals surface area contributed by atoms with E-state index in [1.165, 1.54) is 13.0 Å². The molecule has 3 N–H and O–H groups in total. The zero-order valence-corrected chi connectivity index (χ0v) is 11.8. The zero-order valence-electron chi connectivity index (χ0n) is 10.2. The number of carbonyl (C=O) groups is 1. The molecule has 0 aromatic heterocycles. The molecule has 106 valence electrons. The van der Waals surface area contributed by atoms with Crippen LogP contribution in [0.2, 0.25) is 0 Å². The van der Waals surface area contributed by atoms with Gasteiger partial charge in [0.2, 0.25) is 15.9 Å². The minimum atomic E-state index is -3.63. The van der Waals surface area contributed by atoms with Crippen molar-refractivity contribution in [1.29, 1.82) is 0 Å². The van der Waals surface area contributed by atoms with Crippen LogP contribution >= 0.6 is 11.6 Å². The van der Waals surface area contributed by atoms with Crippen molar-refractivity contribution in [3.05, 3.63) is 29.1 Å². The summed E-state index contributed by atoms with van der Waals surface area (Å²) in [5.74, 6) is -1.51. The van der Waals surface area contributed by atoms with Crippen molar-refractivity contribution in [1.82, 2.24) is 0 Å². The van der Waals surface area contributed by atoms with Gasteiger partial charge in [0.1, 0.15) is 5.82 Å². The molecule has 0 spiro atoms. The monoisotopic (exact) mass is 308 g/mol. The van der Waals surface area contributed by atoms with Crippen LogP contribution in [0.1, 0.15) is 22.3 Å². The van der Waals surface area contributed by atoms with Crippen molar-refractivity contribution >= 4 is 33.2 Å². The van der Waals surface area contributed by atoms with E-state index in [4.69, 9.17) is 17.3 Å². The molecule has 0 radical (unpaired) electrons. The summed E-state index contributed by atoms with van der Waals surface area (Å²) in [5.41, 5.74) is 5.05. The van der Waals surface area contributed by atoms with E-state index in [9.17, 15) is 17.6 Å². The molecule has 8 heteroatoms. The molecule has 19 heavy (non-hydrogen) atoms. The van der Waals surface area contributed by atoms with E-state index in [0.29, 0.717) is 0 Å². The Labute approximate surface area is 116 Å². The van der Waals surface area contributed by atoms with Crippen molar-refractivity contribution in [2.24, 2.45) is 5.73 Å². The normalized spacial score (nSPS) is 11.3. The molecule has 0 atom stereocenters. The lowest BCUT2D eigenvalue weighted by Crippen LogP contribution is -2.19. The van der Waals surface area contributed by atoms with E-state index in [-0.39, 0.29) is 34.9 Å². The third kappa shape index (κ3) is 4.36. The number of hydrogen-bond donors (Lipinski definition) is 2. The molecule has 0 aliphatic carbocycles. The molecule has 1 rings (SSSR count). The summed E-state index contributed by atoms with van der Waals surface area (Å²) in [7, 11) is -3.63. The van der Waals surface area contributed by atoms with Gasteiger partial charge in [0.05, 0.1) is 11.4 Å². The van der Waals surface area contributed by atoms with E-state index >= 15 is 0 Å². The van der Waals surface area contributed by atoms with Crippen LogP contribution < -0.4 is 10.5 Å². The standard InChI is InChI=1S/C11H14ClFN2O3S/c1-7-9(13)5-8(11(14)16)6-10(7)15-19(17,18)4-2-3-12/h5-6,15H,2-4H2,1H3,(H2,14,16). The fourth-order valence-corrected chi connectivity index (χ4v) is 2.86. The van der Waals surface area contributed by atoms with Gasteiger partial charge < -0.3 is 5.73 Å². The number of halogens is 2. The van der Waals surface area contributed by atoms with E-state index in [2.05, 4.69) is 4.72 Å². The summed E-state index contributed by atoms with van der Waals surface area (Å²) in [5, 5.41) is 0. The summed E-state index contributed by atoms with van der Waals surface area (Å²) < 4.78 is 39.2. The van der Waals surface area contributed by atoms with Crippen LogP contribution in [0.3, 0.4) is 0 Å². The third-order valence-electron chi connectivity index (χ3n) is 2.44. The number of carbonyl (C=O) groups excluding carboxylic acids is 1. The number of anilines is 1. The maximum Gasteiger partial charge on any atom is 0.248 e. The Morgan fingerprint density at radius 1 is 1.47 bits per heavy atom. The van der Waals surface area contributed by atoms with Crippen molar-refractivity contribution in [2.75, 3.05) is 16.4 Å². The highest BCUT2D eigenvalue weighted by molar-refractivity contribution is 7.92. The molecule has 1 aromatic carbocycles. The lowest BCUT2D eigenvalue weighted by atomic mass is 10.1. The van der Waals surface area contributed by atoms with Gasteiger partial charge in [0.15, 0.2) is 0 Å². The molecule has 0 heterocycles. The highest BCUT2D eigenvalue weighted by atomic mass is 35.5. The number of benzene rings is 1. The molecule has 1 amide bonds. The van der Waals surface area contributed by atoms with Crippen LogP contribution in [0, 0.1) is 12.7 Å². The summed E-state index contributed by atoms with van der Waals surface area (Å²) >= 11 is 5.42. The van der Waals surface area contributed by atoms with Gasteiger partial charge in [-0.3, -0.25) is 9.52 Å². The molecule has 0 saturated carbocycles. The van der Waals surface area contributed by atoms with Crippen molar-refractivity contribution in [3.63, 3.8) is 0 Å². The molecule has 0 saturated heterocycles. The Bertz CT molecular complexity index is 590. The van der Waals surface area contributed by atoms with Crippen LogP contribution in [0.5, 0.6) is 0 Å². The van der Waals surface area contributed by atoms with Gasteiger partial charge in [-0.25, -0.2) is 12.8 Å². The molecular formula is C11H14ClFN2O3S. The highest BCUT2D eigenvalue weighted by Gasteiger charge is 2.15. The number of hydrogen-bond acceptors (Lipinski definition) is 3. The van der Waals surface area contributed by atoms with Gasteiger partial charge in [0.25, 0.3) is 0 Å². The predicted octanol–water partition coefficient (Wildman–Crippen LogP) is 1.60. The Balaban J connectivity index is 3.10.